The van der Waals surface area contributed by atoms with Gasteiger partial charge in [0, 0.05) is 11.6 Å². The molecule has 110 valence electrons. The first-order chi connectivity index (χ1) is 10.0. The average Bonchev–Trinajstić information content (AvgIpc) is 2.45. The van der Waals surface area contributed by atoms with Gasteiger partial charge < -0.3 is 9.47 Å². The number of halogens is 1. The van der Waals surface area contributed by atoms with Crippen molar-refractivity contribution in [3.8, 4) is 11.5 Å². The molecule has 0 aliphatic carbocycles. The molecule has 0 bridgehead atoms. The third-order valence-electron chi connectivity index (χ3n) is 3.16. The van der Waals surface area contributed by atoms with Crippen LogP contribution in [0.2, 0.25) is 0 Å². The molecule has 2 rings (SSSR count). The van der Waals surface area contributed by atoms with E-state index in [2.05, 4.69) is 0 Å². The van der Waals surface area contributed by atoms with Gasteiger partial charge in [0.1, 0.15) is 23.9 Å². The number of carbonyl (C=O) groups is 1. The lowest BCUT2D eigenvalue weighted by Crippen LogP contribution is -2.03. The zero-order valence-corrected chi connectivity index (χ0v) is 12.3. The van der Waals surface area contributed by atoms with Crippen molar-refractivity contribution < 1.29 is 18.7 Å². The van der Waals surface area contributed by atoms with E-state index in [1.165, 1.54) is 20.1 Å². The van der Waals surface area contributed by atoms with Crippen molar-refractivity contribution in [1.82, 2.24) is 0 Å². The molecule has 21 heavy (non-hydrogen) atoms. The van der Waals surface area contributed by atoms with Gasteiger partial charge in [-0.2, -0.15) is 0 Å². The highest BCUT2D eigenvalue weighted by molar-refractivity contribution is 5.96. The number of Topliss-reactive ketones (excluding diaryl/α,β-unsaturated/α-hetero) is 1. The molecule has 0 heterocycles. The summed E-state index contributed by atoms with van der Waals surface area (Å²) in [5.74, 6) is 0.445. The Balaban J connectivity index is 2.20. The van der Waals surface area contributed by atoms with E-state index < -0.39 is 5.82 Å². The van der Waals surface area contributed by atoms with Gasteiger partial charge in [-0.05, 0) is 43.7 Å². The van der Waals surface area contributed by atoms with Gasteiger partial charge in [0.2, 0.25) is 0 Å². The largest absolute Gasteiger partial charge is 0.497 e. The van der Waals surface area contributed by atoms with Crippen LogP contribution in [0.25, 0.3) is 0 Å². The zero-order chi connectivity index (χ0) is 15.4. The van der Waals surface area contributed by atoms with Crippen LogP contribution in [0.4, 0.5) is 4.39 Å². The predicted molar refractivity (Wildman–Crippen MR) is 78.5 cm³/mol. The van der Waals surface area contributed by atoms with Gasteiger partial charge in [-0.15, -0.1) is 0 Å². The van der Waals surface area contributed by atoms with Crippen molar-refractivity contribution in [2.24, 2.45) is 0 Å². The van der Waals surface area contributed by atoms with Gasteiger partial charge in [-0.1, -0.05) is 6.07 Å². The van der Waals surface area contributed by atoms with Crippen LogP contribution in [0.5, 0.6) is 11.5 Å². The molecular weight excluding hydrogens is 271 g/mol. The molecular formula is C17H17FO3. The summed E-state index contributed by atoms with van der Waals surface area (Å²) in [4.78, 5) is 11.6. The lowest BCUT2D eigenvalue weighted by atomic mass is 10.1. The maximum atomic E-state index is 13.9. The molecule has 0 saturated carbocycles. The number of hydrogen-bond donors (Lipinski definition) is 0. The highest BCUT2D eigenvalue weighted by Crippen LogP contribution is 2.23. The monoisotopic (exact) mass is 288 g/mol. The van der Waals surface area contributed by atoms with Crippen LogP contribution in [0.15, 0.2) is 36.4 Å². The Morgan fingerprint density at radius 2 is 1.95 bits per heavy atom. The number of methoxy groups -OCH3 is 1. The fourth-order valence-electron chi connectivity index (χ4n) is 1.97. The number of benzene rings is 2. The Morgan fingerprint density at radius 3 is 2.57 bits per heavy atom. The summed E-state index contributed by atoms with van der Waals surface area (Å²) in [6.07, 6.45) is 0. The molecule has 0 N–H and O–H groups in total. The Labute approximate surface area is 123 Å². The van der Waals surface area contributed by atoms with Gasteiger partial charge >= 0.3 is 0 Å². The molecule has 0 radical (unpaired) electrons. The van der Waals surface area contributed by atoms with Crippen LogP contribution in [-0.4, -0.2) is 12.9 Å². The third kappa shape index (κ3) is 3.60. The van der Waals surface area contributed by atoms with E-state index in [9.17, 15) is 9.18 Å². The quantitative estimate of drug-likeness (QED) is 0.782. The first kappa shape index (κ1) is 15.0. The summed E-state index contributed by atoms with van der Waals surface area (Å²) in [6.45, 7) is 3.44. The summed E-state index contributed by atoms with van der Waals surface area (Å²) in [5, 5.41) is 0. The van der Waals surface area contributed by atoms with Crippen LogP contribution in [-0.2, 0) is 6.61 Å². The fraction of sp³-hybridized carbons (Fsp3) is 0.235. The van der Waals surface area contributed by atoms with E-state index in [4.69, 9.17) is 9.47 Å². The Hall–Kier alpha value is -2.36. The summed E-state index contributed by atoms with van der Waals surface area (Å²) >= 11 is 0. The Kier molecular flexibility index (Phi) is 4.58. The molecule has 0 atom stereocenters. The van der Waals surface area contributed by atoms with Crippen molar-refractivity contribution in [1.29, 1.82) is 0 Å². The minimum absolute atomic E-state index is 0.0551. The van der Waals surface area contributed by atoms with Gasteiger partial charge in [-0.3, -0.25) is 4.79 Å². The number of hydrogen-bond acceptors (Lipinski definition) is 3. The summed E-state index contributed by atoms with van der Waals surface area (Å²) in [6, 6.07) is 9.93. The van der Waals surface area contributed by atoms with E-state index in [1.807, 2.05) is 13.0 Å². The third-order valence-corrected chi connectivity index (χ3v) is 3.16. The smallest absolute Gasteiger partial charge is 0.163 e. The number of carbonyl (C=O) groups excluding carboxylic acids is 1. The Bertz CT molecular complexity index is 665. The first-order valence-corrected chi connectivity index (χ1v) is 6.58. The van der Waals surface area contributed by atoms with E-state index in [-0.39, 0.29) is 12.4 Å². The maximum absolute atomic E-state index is 13.9. The van der Waals surface area contributed by atoms with Gasteiger partial charge in [-0.25, -0.2) is 4.39 Å². The minimum atomic E-state index is -0.397. The predicted octanol–water partition coefficient (Wildman–Crippen LogP) is 3.92. The van der Waals surface area contributed by atoms with Crippen molar-refractivity contribution >= 4 is 5.78 Å². The van der Waals surface area contributed by atoms with Crippen LogP contribution < -0.4 is 9.47 Å². The van der Waals surface area contributed by atoms with Crippen molar-refractivity contribution in [2.75, 3.05) is 7.11 Å². The number of ether oxygens (including phenoxy) is 2. The lowest BCUT2D eigenvalue weighted by molar-refractivity contribution is 0.101. The summed E-state index contributed by atoms with van der Waals surface area (Å²) in [5.41, 5.74) is 1.88. The van der Waals surface area contributed by atoms with E-state index in [1.54, 1.807) is 24.3 Å². The van der Waals surface area contributed by atoms with Gasteiger partial charge in [0.25, 0.3) is 0 Å². The van der Waals surface area contributed by atoms with Gasteiger partial charge in [0.15, 0.2) is 5.78 Å². The number of rotatable bonds is 5. The van der Waals surface area contributed by atoms with Crippen molar-refractivity contribution in [3.05, 3.63) is 58.9 Å². The highest BCUT2D eigenvalue weighted by Gasteiger charge is 2.10. The fourth-order valence-corrected chi connectivity index (χ4v) is 1.97. The Morgan fingerprint density at radius 1 is 1.19 bits per heavy atom. The van der Waals surface area contributed by atoms with Crippen LogP contribution in [0.1, 0.15) is 28.4 Å². The molecule has 0 spiro atoms. The molecule has 0 amide bonds. The molecule has 4 heteroatoms. The highest BCUT2D eigenvalue weighted by atomic mass is 19.1. The van der Waals surface area contributed by atoms with Crippen molar-refractivity contribution in [3.63, 3.8) is 0 Å². The second-order valence-corrected chi connectivity index (χ2v) is 4.80. The second-order valence-electron chi connectivity index (χ2n) is 4.80. The summed E-state index contributed by atoms with van der Waals surface area (Å²) < 4.78 is 24.4. The molecule has 3 nitrogen and oxygen atoms in total. The number of aryl methyl sites for hydroxylation is 1. The zero-order valence-electron chi connectivity index (χ0n) is 12.3. The molecule has 2 aromatic carbocycles. The topological polar surface area (TPSA) is 35.5 Å². The molecule has 0 fully saturated rings. The van der Waals surface area contributed by atoms with E-state index >= 15 is 0 Å². The minimum Gasteiger partial charge on any atom is -0.497 e. The van der Waals surface area contributed by atoms with Crippen molar-refractivity contribution in [2.45, 2.75) is 20.5 Å². The molecule has 0 aliphatic heterocycles. The first-order valence-electron chi connectivity index (χ1n) is 6.58. The molecule has 0 aliphatic rings. The van der Waals surface area contributed by atoms with Gasteiger partial charge in [0.05, 0.1) is 12.7 Å². The van der Waals surface area contributed by atoms with Crippen LogP contribution in [0, 0.1) is 12.7 Å². The number of ketones is 1. The summed E-state index contributed by atoms with van der Waals surface area (Å²) in [7, 11) is 1.48. The van der Waals surface area contributed by atoms with E-state index in [0.717, 1.165) is 5.56 Å². The normalized spacial score (nSPS) is 10.3. The van der Waals surface area contributed by atoms with Crippen LogP contribution >= 0.6 is 0 Å². The SMILES string of the molecule is COc1ccc(COc2cc(C)ccc2C(C)=O)c(F)c1. The lowest BCUT2D eigenvalue weighted by Gasteiger charge is -2.12. The van der Waals surface area contributed by atoms with Crippen LogP contribution in [0.3, 0.4) is 0 Å². The van der Waals surface area contributed by atoms with E-state index in [0.29, 0.717) is 22.6 Å². The average molecular weight is 288 g/mol. The molecule has 0 aromatic heterocycles. The molecule has 0 unspecified atom stereocenters. The molecule has 0 saturated heterocycles. The maximum Gasteiger partial charge on any atom is 0.163 e. The molecule has 2 aromatic rings. The second kappa shape index (κ2) is 6.39. The standard InChI is InChI=1S/C17H17FO3/c1-11-4-7-15(12(2)19)17(8-11)21-10-13-5-6-14(20-3)9-16(13)18/h4-9H,10H2,1-3H3.